The minimum Gasteiger partial charge on any atom is -0.385 e. The summed E-state index contributed by atoms with van der Waals surface area (Å²) in [5.41, 5.74) is -6.02. The van der Waals surface area contributed by atoms with E-state index in [9.17, 15) is 30.4 Å². The van der Waals surface area contributed by atoms with Crippen molar-refractivity contribution in [3.8, 4) is 0 Å². The van der Waals surface area contributed by atoms with Crippen molar-refractivity contribution >= 4 is 15.5 Å². The van der Waals surface area contributed by atoms with Crippen molar-refractivity contribution in [2.45, 2.75) is 22.9 Å². The molecule has 0 aliphatic carbocycles. The Labute approximate surface area is 111 Å². The van der Waals surface area contributed by atoms with Gasteiger partial charge in [0, 0.05) is 6.54 Å². The molecule has 0 saturated carbocycles. The first-order chi connectivity index (χ1) is 9.07. The summed E-state index contributed by atoms with van der Waals surface area (Å²) in [4.78, 5) is -1.09. The van der Waals surface area contributed by atoms with E-state index in [2.05, 4.69) is 5.32 Å². The molecule has 0 fully saturated rings. The molecule has 0 aliphatic rings. The molecule has 2 N–H and O–H groups in total. The Morgan fingerprint density at radius 3 is 2.25 bits per heavy atom. The van der Waals surface area contributed by atoms with Crippen LogP contribution in [0.15, 0.2) is 29.2 Å². The molecule has 114 valence electrons. The van der Waals surface area contributed by atoms with Gasteiger partial charge in [0.1, 0.15) is 6.10 Å². The summed E-state index contributed by atoms with van der Waals surface area (Å²) in [5.74, 6) is 0. The molecule has 1 aromatic carbocycles. The van der Waals surface area contributed by atoms with Gasteiger partial charge in [0.05, 0.1) is 10.6 Å². The fourth-order valence-corrected chi connectivity index (χ4v) is 2.21. The van der Waals surface area contributed by atoms with Gasteiger partial charge in [-0.05, 0) is 12.1 Å². The Hall–Kier alpha value is -1.42. The summed E-state index contributed by atoms with van der Waals surface area (Å²) >= 11 is 0. The standard InChI is InChI=1S/C10H10F5NO3S/c11-9(12)7(17)5-16-6-3-1-2-4-8(6)20(18,19)10(13,14)15/h1-4,7,9,16-17H,5H2. The quantitative estimate of drug-likeness (QED) is 0.815. The third-order valence-corrected chi connectivity index (χ3v) is 3.82. The number of hydrogen-bond acceptors (Lipinski definition) is 4. The first-order valence-corrected chi connectivity index (χ1v) is 6.66. The molecule has 1 unspecified atom stereocenters. The lowest BCUT2D eigenvalue weighted by atomic mass is 10.3. The second-order valence-corrected chi connectivity index (χ2v) is 5.64. The van der Waals surface area contributed by atoms with Crippen LogP contribution in [-0.4, -0.2) is 38.1 Å². The highest BCUT2D eigenvalue weighted by Gasteiger charge is 2.47. The molecule has 0 spiro atoms. The van der Waals surface area contributed by atoms with E-state index < -0.39 is 45.0 Å². The van der Waals surface area contributed by atoms with Crippen molar-refractivity contribution in [2.75, 3.05) is 11.9 Å². The third kappa shape index (κ3) is 3.57. The van der Waals surface area contributed by atoms with Crippen LogP contribution in [0.5, 0.6) is 0 Å². The number of nitrogens with one attached hydrogen (secondary N) is 1. The molecule has 1 atom stereocenters. The molecular formula is C10H10F5NO3S. The van der Waals surface area contributed by atoms with Crippen LogP contribution in [-0.2, 0) is 9.84 Å². The van der Waals surface area contributed by atoms with Gasteiger partial charge in [-0.1, -0.05) is 12.1 Å². The number of anilines is 1. The van der Waals surface area contributed by atoms with E-state index in [1.165, 1.54) is 6.07 Å². The van der Waals surface area contributed by atoms with Crippen LogP contribution in [0.4, 0.5) is 27.6 Å². The van der Waals surface area contributed by atoms with Crippen LogP contribution >= 0.6 is 0 Å². The van der Waals surface area contributed by atoms with Gasteiger partial charge in [-0.3, -0.25) is 0 Å². The molecule has 0 bridgehead atoms. The monoisotopic (exact) mass is 319 g/mol. The fraction of sp³-hybridized carbons (Fsp3) is 0.400. The molecule has 0 saturated heterocycles. The minimum atomic E-state index is -5.61. The number of alkyl halides is 5. The average molecular weight is 319 g/mol. The molecule has 0 aliphatic heterocycles. The number of para-hydroxylation sites is 1. The zero-order chi connectivity index (χ0) is 15.6. The van der Waals surface area contributed by atoms with Crippen LogP contribution in [0.2, 0.25) is 0 Å². The second kappa shape index (κ2) is 5.92. The van der Waals surface area contributed by atoms with Crippen LogP contribution in [0.25, 0.3) is 0 Å². The third-order valence-electron chi connectivity index (χ3n) is 2.27. The lowest BCUT2D eigenvalue weighted by Gasteiger charge is -2.16. The van der Waals surface area contributed by atoms with E-state index in [0.29, 0.717) is 6.07 Å². The molecule has 0 aromatic heterocycles. The maximum absolute atomic E-state index is 12.4. The predicted molar refractivity (Wildman–Crippen MR) is 60.2 cm³/mol. The highest BCUT2D eigenvalue weighted by molar-refractivity contribution is 7.92. The van der Waals surface area contributed by atoms with Crippen molar-refractivity contribution < 1.29 is 35.5 Å². The van der Waals surface area contributed by atoms with Crippen molar-refractivity contribution in [2.24, 2.45) is 0 Å². The van der Waals surface area contributed by atoms with E-state index in [1.807, 2.05) is 0 Å². The summed E-state index contributed by atoms with van der Waals surface area (Å²) in [7, 11) is -5.61. The molecule has 0 amide bonds. The number of hydrogen-bond donors (Lipinski definition) is 2. The molecule has 1 rings (SSSR count). The first kappa shape index (κ1) is 16.6. The minimum absolute atomic E-state index is 0.510. The zero-order valence-corrected chi connectivity index (χ0v) is 10.5. The Kier molecular flexibility index (Phi) is 4.92. The number of sulfone groups is 1. The topological polar surface area (TPSA) is 66.4 Å². The van der Waals surface area contributed by atoms with Gasteiger partial charge in [-0.15, -0.1) is 0 Å². The van der Waals surface area contributed by atoms with Gasteiger partial charge in [0.15, 0.2) is 0 Å². The lowest BCUT2D eigenvalue weighted by Crippen LogP contribution is -2.28. The van der Waals surface area contributed by atoms with Crippen molar-refractivity contribution in [1.29, 1.82) is 0 Å². The Bertz CT molecular complexity index is 558. The molecule has 20 heavy (non-hydrogen) atoms. The second-order valence-electron chi connectivity index (χ2n) is 3.73. The Morgan fingerprint density at radius 1 is 1.20 bits per heavy atom. The molecule has 10 heteroatoms. The zero-order valence-electron chi connectivity index (χ0n) is 9.73. The molecule has 0 radical (unpaired) electrons. The van der Waals surface area contributed by atoms with Gasteiger partial charge in [-0.2, -0.15) is 13.2 Å². The van der Waals surface area contributed by atoms with E-state index >= 15 is 0 Å². The highest BCUT2D eigenvalue weighted by atomic mass is 32.2. The van der Waals surface area contributed by atoms with E-state index in [4.69, 9.17) is 5.11 Å². The van der Waals surface area contributed by atoms with Gasteiger partial charge < -0.3 is 10.4 Å². The van der Waals surface area contributed by atoms with Crippen LogP contribution in [0, 0.1) is 0 Å². The van der Waals surface area contributed by atoms with Gasteiger partial charge in [-0.25, -0.2) is 17.2 Å². The molecule has 1 aromatic rings. The SMILES string of the molecule is O=S(=O)(c1ccccc1NCC(O)C(F)F)C(F)(F)F. The lowest BCUT2D eigenvalue weighted by molar-refractivity contribution is -0.0435. The normalized spacial score (nSPS) is 14.3. The number of benzene rings is 1. The maximum atomic E-state index is 12.4. The van der Waals surface area contributed by atoms with E-state index in [-0.39, 0.29) is 0 Å². The summed E-state index contributed by atoms with van der Waals surface area (Å²) in [6.07, 6.45) is -5.23. The largest absolute Gasteiger partial charge is 0.501 e. The summed E-state index contributed by atoms with van der Waals surface area (Å²) in [6, 6.07) is 3.97. The van der Waals surface area contributed by atoms with Crippen LogP contribution < -0.4 is 5.32 Å². The Morgan fingerprint density at radius 2 is 1.75 bits per heavy atom. The first-order valence-electron chi connectivity index (χ1n) is 5.18. The fourth-order valence-electron chi connectivity index (χ4n) is 1.28. The van der Waals surface area contributed by atoms with Crippen molar-refractivity contribution in [1.82, 2.24) is 0 Å². The summed E-state index contributed by atoms with van der Waals surface area (Å²) in [5, 5.41) is 10.9. The number of rotatable bonds is 5. The number of halogens is 5. The highest BCUT2D eigenvalue weighted by Crippen LogP contribution is 2.34. The Balaban J connectivity index is 3.07. The van der Waals surface area contributed by atoms with Crippen molar-refractivity contribution in [3.63, 3.8) is 0 Å². The van der Waals surface area contributed by atoms with E-state index in [1.54, 1.807) is 0 Å². The van der Waals surface area contributed by atoms with Gasteiger partial charge >= 0.3 is 5.51 Å². The molecule has 4 nitrogen and oxygen atoms in total. The predicted octanol–water partition coefficient (Wildman–Crippen LogP) is 2.02. The van der Waals surface area contributed by atoms with Gasteiger partial charge in [0.25, 0.3) is 16.3 Å². The summed E-state index contributed by atoms with van der Waals surface area (Å²) in [6.45, 7) is -0.790. The number of aliphatic hydroxyl groups excluding tert-OH is 1. The van der Waals surface area contributed by atoms with Crippen LogP contribution in [0.3, 0.4) is 0 Å². The average Bonchev–Trinajstić information content (AvgIpc) is 2.34. The summed E-state index contributed by atoms with van der Waals surface area (Å²) < 4.78 is 84.0. The molecular weight excluding hydrogens is 309 g/mol. The van der Waals surface area contributed by atoms with Crippen molar-refractivity contribution in [3.05, 3.63) is 24.3 Å². The van der Waals surface area contributed by atoms with E-state index in [0.717, 1.165) is 12.1 Å². The number of aliphatic hydroxyl groups is 1. The maximum Gasteiger partial charge on any atom is 0.501 e. The van der Waals surface area contributed by atoms with Gasteiger partial charge in [0.2, 0.25) is 0 Å². The molecule has 0 heterocycles. The van der Waals surface area contributed by atoms with Crippen LogP contribution in [0.1, 0.15) is 0 Å². The smallest absolute Gasteiger partial charge is 0.385 e.